The zero-order valence-electron chi connectivity index (χ0n) is 11.9. The lowest BCUT2D eigenvalue weighted by molar-refractivity contribution is 0.164. The molecule has 0 bridgehead atoms. The maximum Gasteiger partial charge on any atom is 0.160 e. The molecule has 4 nitrogen and oxygen atoms in total. The van der Waals surface area contributed by atoms with Gasteiger partial charge in [-0.15, -0.1) is 0 Å². The zero-order valence-corrected chi connectivity index (χ0v) is 11.9. The number of hydrogen-bond donors (Lipinski definition) is 2. The summed E-state index contributed by atoms with van der Waals surface area (Å²) in [6.07, 6.45) is 2.28. The van der Waals surface area contributed by atoms with Gasteiger partial charge in [0, 0.05) is 32.2 Å². The Balaban J connectivity index is 2.22. The lowest BCUT2D eigenvalue weighted by atomic mass is 9.99. The minimum absolute atomic E-state index is 0.210. The highest BCUT2D eigenvalue weighted by molar-refractivity contribution is 5.42. The number of nitrogens with one attached hydrogen (secondary N) is 1. The third-order valence-electron chi connectivity index (χ3n) is 3.74. The van der Waals surface area contributed by atoms with Crippen LogP contribution in [-0.2, 0) is 0 Å². The highest BCUT2D eigenvalue weighted by Gasteiger charge is 2.22. The van der Waals surface area contributed by atoms with Crippen LogP contribution in [0.3, 0.4) is 0 Å². The molecule has 1 aliphatic rings. The molecule has 1 atom stereocenters. The Labute approximate surface area is 115 Å². The summed E-state index contributed by atoms with van der Waals surface area (Å²) in [5.41, 5.74) is 1.23. The molecule has 1 aliphatic heterocycles. The van der Waals surface area contributed by atoms with E-state index in [-0.39, 0.29) is 5.75 Å². The second kappa shape index (κ2) is 6.78. The van der Waals surface area contributed by atoms with Crippen molar-refractivity contribution < 1.29 is 9.84 Å². The van der Waals surface area contributed by atoms with Crippen LogP contribution in [-0.4, -0.2) is 43.3 Å². The average molecular weight is 264 g/mol. The topological polar surface area (TPSA) is 44.7 Å². The van der Waals surface area contributed by atoms with Crippen molar-refractivity contribution in [1.29, 1.82) is 0 Å². The summed E-state index contributed by atoms with van der Waals surface area (Å²) in [5, 5.41) is 13.1. The molecule has 0 saturated carbocycles. The standard InChI is InChI=1S/C15H24N2O2/c1-3-4-13(17-9-7-16-8-10-17)12-5-6-14(18)15(11-12)19-2/h5-6,11,13,16,18H,3-4,7-10H2,1-2H3/t13-/m1/s1. The van der Waals surface area contributed by atoms with E-state index in [1.807, 2.05) is 12.1 Å². The summed E-state index contributed by atoms with van der Waals surface area (Å²) in [4.78, 5) is 2.52. The fraction of sp³-hybridized carbons (Fsp3) is 0.600. The molecular formula is C15H24N2O2. The van der Waals surface area contributed by atoms with Crippen LogP contribution < -0.4 is 10.1 Å². The summed E-state index contributed by atoms with van der Waals surface area (Å²) >= 11 is 0. The predicted molar refractivity (Wildman–Crippen MR) is 76.8 cm³/mol. The Morgan fingerprint density at radius 3 is 2.74 bits per heavy atom. The summed E-state index contributed by atoms with van der Waals surface area (Å²) < 4.78 is 5.22. The third-order valence-corrected chi connectivity index (χ3v) is 3.74. The first-order chi connectivity index (χ1) is 9.26. The molecule has 106 valence electrons. The molecule has 1 aromatic carbocycles. The van der Waals surface area contributed by atoms with Gasteiger partial charge in [0.1, 0.15) is 0 Å². The van der Waals surface area contributed by atoms with Crippen LogP contribution >= 0.6 is 0 Å². The number of hydrogen-bond acceptors (Lipinski definition) is 4. The van der Waals surface area contributed by atoms with Gasteiger partial charge in [-0.3, -0.25) is 4.90 Å². The number of rotatable bonds is 5. The molecule has 0 aliphatic carbocycles. The SMILES string of the molecule is CCC[C@H](c1ccc(O)c(OC)c1)N1CCNCC1. The third kappa shape index (κ3) is 3.39. The zero-order chi connectivity index (χ0) is 13.7. The van der Waals surface area contributed by atoms with Crippen molar-refractivity contribution in [3.8, 4) is 11.5 Å². The van der Waals surface area contributed by atoms with Crippen LogP contribution in [0.1, 0.15) is 31.4 Å². The van der Waals surface area contributed by atoms with Gasteiger partial charge >= 0.3 is 0 Å². The van der Waals surface area contributed by atoms with E-state index >= 15 is 0 Å². The van der Waals surface area contributed by atoms with Gasteiger partial charge in [-0.2, -0.15) is 0 Å². The molecule has 4 heteroatoms. The van der Waals surface area contributed by atoms with Crippen LogP contribution in [0, 0.1) is 0 Å². The second-order valence-electron chi connectivity index (χ2n) is 5.02. The van der Waals surface area contributed by atoms with Gasteiger partial charge in [0.2, 0.25) is 0 Å². The van der Waals surface area contributed by atoms with E-state index in [1.54, 1.807) is 13.2 Å². The maximum atomic E-state index is 9.71. The number of phenolic OH excluding ortho intramolecular Hbond substituents is 1. The Morgan fingerprint density at radius 2 is 2.11 bits per heavy atom. The van der Waals surface area contributed by atoms with Gasteiger partial charge in [0.15, 0.2) is 11.5 Å². The molecule has 1 saturated heterocycles. The highest BCUT2D eigenvalue weighted by atomic mass is 16.5. The first kappa shape index (κ1) is 14.2. The first-order valence-corrected chi connectivity index (χ1v) is 7.08. The molecule has 1 aromatic rings. The van der Waals surface area contributed by atoms with E-state index in [9.17, 15) is 5.11 Å². The lowest BCUT2D eigenvalue weighted by Crippen LogP contribution is -2.45. The van der Waals surface area contributed by atoms with Crippen molar-refractivity contribution in [2.24, 2.45) is 0 Å². The molecule has 0 spiro atoms. The van der Waals surface area contributed by atoms with Crippen molar-refractivity contribution in [2.45, 2.75) is 25.8 Å². The second-order valence-corrected chi connectivity index (χ2v) is 5.02. The fourth-order valence-corrected chi connectivity index (χ4v) is 2.73. The Bertz CT molecular complexity index is 403. The van der Waals surface area contributed by atoms with E-state index in [0.717, 1.165) is 39.0 Å². The van der Waals surface area contributed by atoms with E-state index < -0.39 is 0 Å². The molecule has 19 heavy (non-hydrogen) atoms. The van der Waals surface area contributed by atoms with Crippen molar-refractivity contribution >= 4 is 0 Å². The molecule has 0 radical (unpaired) electrons. The fourth-order valence-electron chi connectivity index (χ4n) is 2.73. The van der Waals surface area contributed by atoms with Crippen LogP contribution in [0.15, 0.2) is 18.2 Å². The summed E-state index contributed by atoms with van der Waals surface area (Å²) in [5.74, 6) is 0.774. The number of phenols is 1. The predicted octanol–water partition coefficient (Wildman–Crippen LogP) is 2.15. The number of aromatic hydroxyl groups is 1. The number of piperazine rings is 1. The minimum Gasteiger partial charge on any atom is -0.504 e. The van der Waals surface area contributed by atoms with Gasteiger partial charge in [-0.1, -0.05) is 19.4 Å². The van der Waals surface area contributed by atoms with Gasteiger partial charge in [-0.05, 0) is 24.1 Å². The van der Waals surface area contributed by atoms with Crippen LogP contribution in [0.4, 0.5) is 0 Å². The van der Waals surface area contributed by atoms with Crippen molar-refractivity contribution in [2.75, 3.05) is 33.3 Å². The first-order valence-electron chi connectivity index (χ1n) is 7.08. The normalized spacial score (nSPS) is 18.2. The number of ether oxygens (including phenoxy) is 1. The molecule has 0 aromatic heterocycles. The molecule has 2 N–H and O–H groups in total. The van der Waals surface area contributed by atoms with Crippen molar-refractivity contribution in [3.05, 3.63) is 23.8 Å². The summed E-state index contributed by atoms with van der Waals surface area (Å²) in [6.45, 7) is 6.47. The van der Waals surface area contributed by atoms with Crippen molar-refractivity contribution in [3.63, 3.8) is 0 Å². The van der Waals surface area contributed by atoms with Crippen LogP contribution in [0.2, 0.25) is 0 Å². The van der Waals surface area contributed by atoms with Gasteiger partial charge in [0.25, 0.3) is 0 Å². The van der Waals surface area contributed by atoms with E-state index in [1.165, 1.54) is 5.56 Å². The minimum atomic E-state index is 0.210. The van der Waals surface area contributed by atoms with E-state index in [2.05, 4.69) is 17.1 Å². The summed E-state index contributed by atoms with van der Waals surface area (Å²) in [6, 6.07) is 6.14. The Morgan fingerprint density at radius 1 is 1.37 bits per heavy atom. The quantitative estimate of drug-likeness (QED) is 0.855. The van der Waals surface area contributed by atoms with Crippen LogP contribution in [0.5, 0.6) is 11.5 Å². The molecule has 1 heterocycles. The maximum absolute atomic E-state index is 9.71. The Kier molecular flexibility index (Phi) is 5.05. The molecule has 1 fully saturated rings. The van der Waals surface area contributed by atoms with Gasteiger partial charge in [0.05, 0.1) is 7.11 Å². The van der Waals surface area contributed by atoms with Gasteiger partial charge < -0.3 is 15.2 Å². The molecule has 0 amide bonds. The van der Waals surface area contributed by atoms with Crippen LogP contribution in [0.25, 0.3) is 0 Å². The van der Waals surface area contributed by atoms with Gasteiger partial charge in [-0.25, -0.2) is 0 Å². The lowest BCUT2D eigenvalue weighted by Gasteiger charge is -2.35. The molecule has 0 unspecified atom stereocenters. The number of benzene rings is 1. The monoisotopic (exact) mass is 264 g/mol. The summed E-state index contributed by atoms with van der Waals surface area (Å²) in [7, 11) is 1.60. The van der Waals surface area contributed by atoms with E-state index in [0.29, 0.717) is 11.8 Å². The van der Waals surface area contributed by atoms with E-state index in [4.69, 9.17) is 4.74 Å². The van der Waals surface area contributed by atoms with Crippen molar-refractivity contribution in [1.82, 2.24) is 10.2 Å². The number of nitrogens with zero attached hydrogens (tertiary/aromatic N) is 1. The Hall–Kier alpha value is -1.26. The number of methoxy groups -OCH3 is 1. The largest absolute Gasteiger partial charge is 0.504 e. The molecule has 2 rings (SSSR count). The average Bonchev–Trinajstić information content (AvgIpc) is 2.46. The molecular weight excluding hydrogens is 240 g/mol. The highest BCUT2D eigenvalue weighted by Crippen LogP contribution is 2.33. The smallest absolute Gasteiger partial charge is 0.160 e.